The molecule has 2 aromatic heterocycles. The summed E-state index contributed by atoms with van der Waals surface area (Å²) in [4.78, 5) is 4.34. The molecule has 1 aromatic carbocycles. The number of nitrogens with zero attached hydrogens (tertiary/aromatic N) is 3. The zero-order valence-electron chi connectivity index (χ0n) is 17.3. The monoisotopic (exact) mass is 425 g/mol. The number of rotatable bonds is 7. The largest absolute Gasteiger partial charge is 0.493 e. The Balaban J connectivity index is 2.02. The molecular formula is C24H22F3N3O. The topological polar surface area (TPSA) is 50.8 Å². The van der Waals surface area contributed by atoms with Crippen LogP contribution < -0.4 is 0 Å². The maximum absolute atomic E-state index is 13.4. The molecule has 0 spiro atoms. The number of ether oxygens (including phenoxy) is 1. The first-order chi connectivity index (χ1) is 14.7. The summed E-state index contributed by atoms with van der Waals surface area (Å²) in [5.41, 5.74) is 0.880. The molecule has 0 N–H and O–H groups in total. The van der Waals surface area contributed by atoms with Gasteiger partial charge in [0.1, 0.15) is 17.5 Å². The van der Waals surface area contributed by atoms with E-state index in [4.69, 9.17) is 4.74 Å². The Morgan fingerprint density at radius 1 is 1.26 bits per heavy atom. The summed E-state index contributed by atoms with van der Waals surface area (Å²) in [6.45, 7) is 8.22. The first-order valence-corrected chi connectivity index (χ1v) is 9.73. The Labute approximate surface area is 178 Å². The number of halogens is 3. The smallest absolute Gasteiger partial charge is 0.416 e. The van der Waals surface area contributed by atoms with Gasteiger partial charge in [-0.1, -0.05) is 38.6 Å². The van der Waals surface area contributed by atoms with Gasteiger partial charge in [0.2, 0.25) is 0 Å². The predicted octanol–water partition coefficient (Wildman–Crippen LogP) is 6.20. The second-order valence-corrected chi connectivity index (χ2v) is 7.54. The molecule has 7 heteroatoms. The van der Waals surface area contributed by atoms with Crippen molar-refractivity contribution < 1.29 is 17.9 Å². The van der Waals surface area contributed by atoms with Gasteiger partial charge in [0.15, 0.2) is 0 Å². The van der Waals surface area contributed by atoms with Gasteiger partial charge in [-0.15, -0.1) is 0 Å². The molecule has 0 aliphatic rings. The third-order valence-corrected chi connectivity index (χ3v) is 4.64. The molecule has 0 saturated carbocycles. The molecule has 0 bridgehead atoms. The number of benzene rings is 1. The van der Waals surface area contributed by atoms with Crippen LogP contribution in [0.25, 0.3) is 17.1 Å². The van der Waals surface area contributed by atoms with Crippen LogP contribution in [0.4, 0.5) is 13.2 Å². The fourth-order valence-electron chi connectivity index (χ4n) is 3.18. The second-order valence-electron chi connectivity index (χ2n) is 7.54. The van der Waals surface area contributed by atoms with Crippen molar-refractivity contribution in [2.75, 3.05) is 6.61 Å². The Bertz CT molecular complexity index is 1170. The van der Waals surface area contributed by atoms with E-state index in [9.17, 15) is 18.4 Å². The van der Waals surface area contributed by atoms with Gasteiger partial charge in [0.05, 0.1) is 17.7 Å². The number of pyridine rings is 1. The molecule has 3 aromatic rings. The van der Waals surface area contributed by atoms with Crippen molar-refractivity contribution in [2.45, 2.75) is 26.6 Å². The van der Waals surface area contributed by atoms with Crippen LogP contribution in [0.1, 0.15) is 30.5 Å². The fourth-order valence-corrected chi connectivity index (χ4v) is 3.18. The first-order valence-electron chi connectivity index (χ1n) is 9.73. The minimum Gasteiger partial charge on any atom is -0.493 e. The average molecular weight is 425 g/mol. The van der Waals surface area contributed by atoms with Gasteiger partial charge in [-0.05, 0) is 35.8 Å². The third kappa shape index (κ3) is 5.15. The van der Waals surface area contributed by atoms with Crippen molar-refractivity contribution in [1.29, 1.82) is 5.26 Å². The molecule has 0 radical (unpaired) electrons. The number of nitriles is 1. The van der Waals surface area contributed by atoms with Crippen LogP contribution >= 0.6 is 0 Å². The zero-order valence-corrected chi connectivity index (χ0v) is 17.3. The highest BCUT2D eigenvalue weighted by molar-refractivity contribution is 5.88. The summed E-state index contributed by atoms with van der Waals surface area (Å²) in [6, 6.07) is 11.1. The van der Waals surface area contributed by atoms with Crippen molar-refractivity contribution in [3.05, 3.63) is 83.4 Å². The van der Waals surface area contributed by atoms with Crippen molar-refractivity contribution in [3.8, 4) is 6.07 Å². The van der Waals surface area contributed by atoms with Crippen LogP contribution in [-0.2, 0) is 17.5 Å². The second kappa shape index (κ2) is 9.09. The standard InChI is InChI=1S/C24H22F3N3O/c1-16(2)15-31-17(3)19(12-28)11-20-14-30(23-21(20)8-6-10-29-23)13-18-7-4-5-9-22(18)24(25,26)27/h4-11,14,16H,3,13,15H2,1-2H3/b19-11+. The van der Waals surface area contributed by atoms with E-state index in [2.05, 4.69) is 17.6 Å². The number of hydrogen-bond acceptors (Lipinski definition) is 3. The minimum atomic E-state index is -4.45. The van der Waals surface area contributed by atoms with Gasteiger partial charge < -0.3 is 9.30 Å². The summed E-state index contributed by atoms with van der Waals surface area (Å²) in [6.07, 6.45) is 0.448. The molecule has 0 fully saturated rings. The van der Waals surface area contributed by atoms with Gasteiger partial charge in [-0.2, -0.15) is 18.4 Å². The lowest BCUT2D eigenvalue weighted by Crippen LogP contribution is -2.11. The molecule has 0 aliphatic carbocycles. The van der Waals surface area contributed by atoms with E-state index in [-0.39, 0.29) is 29.4 Å². The highest BCUT2D eigenvalue weighted by Crippen LogP contribution is 2.33. The lowest BCUT2D eigenvalue weighted by Gasteiger charge is -2.13. The maximum Gasteiger partial charge on any atom is 0.416 e. The summed E-state index contributed by atoms with van der Waals surface area (Å²) < 4.78 is 47.5. The minimum absolute atomic E-state index is 0.0102. The Kier molecular flexibility index (Phi) is 6.50. The molecule has 0 aliphatic heterocycles. The molecule has 0 amide bonds. The number of aromatic nitrogens is 2. The normalized spacial score (nSPS) is 12.2. The molecule has 31 heavy (non-hydrogen) atoms. The summed E-state index contributed by atoms with van der Waals surface area (Å²) in [5, 5.41) is 10.3. The van der Waals surface area contributed by atoms with E-state index < -0.39 is 11.7 Å². The van der Waals surface area contributed by atoms with Gasteiger partial charge in [-0.25, -0.2) is 4.98 Å². The van der Waals surface area contributed by atoms with Crippen molar-refractivity contribution in [3.63, 3.8) is 0 Å². The maximum atomic E-state index is 13.4. The summed E-state index contributed by atoms with van der Waals surface area (Å²) in [5.74, 6) is 0.528. The SMILES string of the molecule is C=C(OCC(C)C)/C(C#N)=C/c1cn(Cc2ccccc2C(F)(F)F)c2ncccc12. The van der Waals surface area contributed by atoms with Crippen LogP contribution in [-0.4, -0.2) is 16.2 Å². The summed E-state index contributed by atoms with van der Waals surface area (Å²) in [7, 11) is 0. The average Bonchev–Trinajstić information content (AvgIpc) is 3.07. The predicted molar refractivity (Wildman–Crippen MR) is 114 cm³/mol. The molecule has 0 saturated heterocycles. The first kappa shape index (κ1) is 22.2. The van der Waals surface area contributed by atoms with Crippen molar-refractivity contribution in [2.24, 2.45) is 5.92 Å². The molecule has 4 nitrogen and oxygen atoms in total. The van der Waals surface area contributed by atoms with Crippen LogP contribution in [0.5, 0.6) is 0 Å². The fraction of sp³-hybridized carbons (Fsp3) is 0.250. The molecule has 160 valence electrons. The Morgan fingerprint density at radius 3 is 2.68 bits per heavy atom. The zero-order chi connectivity index (χ0) is 22.6. The number of fused-ring (bicyclic) bond motifs is 1. The van der Waals surface area contributed by atoms with Crippen LogP contribution in [0, 0.1) is 17.2 Å². The van der Waals surface area contributed by atoms with Crippen LogP contribution in [0.3, 0.4) is 0 Å². The van der Waals surface area contributed by atoms with E-state index in [0.717, 1.165) is 11.5 Å². The van der Waals surface area contributed by atoms with Crippen LogP contribution in [0.15, 0.2) is 66.7 Å². The lowest BCUT2D eigenvalue weighted by molar-refractivity contribution is -0.138. The number of hydrogen-bond donors (Lipinski definition) is 0. The Morgan fingerprint density at radius 2 is 2.00 bits per heavy atom. The number of alkyl halides is 3. The highest BCUT2D eigenvalue weighted by atomic mass is 19.4. The summed E-state index contributed by atoms with van der Waals surface area (Å²) >= 11 is 0. The molecular weight excluding hydrogens is 403 g/mol. The van der Waals surface area contributed by atoms with Gasteiger partial charge >= 0.3 is 6.18 Å². The van der Waals surface area contributed by atoms with E-state index in [0.29, 0.717) is 17.8 Å². The van der Waals surface area contributed by atoms with Gasteiger partial charge in [0, 0.05) is 29.9 Å². The highest BCUT2D eigenvalue weighted by Gasteiger charge is 2.33. The van der Waals surface area contributed by atoms with E-state index in [1.54, 1.807) is 35.2 Å². The van der Waals surface area contributed by atoms with Crippen molar-refractivity contribution in [1.82, 2.24) is 9.55 Å². The van der Waals surface area contributed by atoms with Crippen molar-refractivity contribution >= 4 is 17.1 Å². The molecule has 2 heterocycles. The van der Waals surface area contributed by atoms with E-state index in [1.165, 1.54) is 12.1 Å². The molecule has 0 unspecified atom stereocenters. The molecule has 0 atom stereocenters. The third-order valence-electron chi connectivity index (χ3n) is 4.64. The quantitative estimate of drug-likeness (QED) is 0.257. The lowest BCUT2D eigenvalue weighted by atomic mass is 10.1. The van der Waals surface area contributed by atoms with Gasteiger partial charge in [-0.3, -0.25) is 0 Å². The van der Waals surface area contributed by atoms with E-state index >= 15 is 0 Å². The van der Waals surface area contributed by atoms with E-state index in [1.807, 2.05) is 19.9 Å². The Hall–Kier alpha value is -3.53. The van der Waals surface area contributed by atoms with Crippen LogP contribution in [0.2, 0.25) is 0 Å². The molecule has 3 rings (SSSR count). The number of allylic oxidation sites excluding steroid dienone is 1. The van der Waals surface area contributed by atoms with Gasteiger partial charge in [0.25, 0.3) is 0 Å².